The van der Waals surface area contributed by atoms with E-state index in [1.165, 1.54) is 7.11 Å². The lowest BCUT2D eigenvalue weighted by Crippen LogP contribution is -2.03. The number of benzene rings is 1. The summed E-state index contributed by atoms with van der Waals surface area (Å²) in [4.78, 5) is 21.1. The molecule has 0 aliphatic rings. The molecule has 1 N–H and O–H groups in total. The predicted molar refractivity (Wildman–Crippen MR) is 57.5 cm³/mol. The van der Waals surface area contributed by atoms with Crippen molar-refractivity contribution in [2.24, 2.45) is 0 Å². The number of carbonyl (C=O) groups is 2. The molecule has 0 radical (unpaired) electrons. The topological polar surface area (TPSA) is 63.6 Å². The molecule has 0 atom stereocenters. The van der Waals surface area contributed by atoms with E-state index < -0.39 is 5.97 Å². The summed E-state index contributed by atoms with van der Waals surface area (Å²) in [5, 5.41) is 9.02. The van der Waals surface area contributed by atoms with Crippen molar-refractivity contribution in [3.63, 3.8) is 0 Å². The minimum Gasteiger partial charge on any atom is -0.496 e. The van der Waals surface area contributed by atoms with Crippen molar-refractivity contribution >= 4 is 12.3 Å². The highest BCUT2D eigenvalue weighted by atomic mass is 16.5. The molecule has 16 heavy (non-hydrogen) atoms. The summed E-state index contributed by atoms with van der Waals surface area (Å²) in [5.74, 6) is 4.34. The van der Waals surface area contributed by atoms with Crippen LogP contribution in [0.25, 0.3) is 0 Å². The van der Waals surface area contributed by atoms with Crippen molar-refractivity contribution < 1.29 is 19.4 Å². The Hall–Kier alpha value is -2.28. The zero-order chi connectivity index (χ0) is 12.0. The molecule has 0 heterocycles. The van der Waals surface area contributed by atoms with Gasteiger partial charge in [-0.25, -0.2) is 4.79 Å². The van der Waals surface area contributed by atoms with Gasteiger partial charge < -0.3 is 14.6 Å². The Morgan fingerprint density at radius 3 is 2.88 bits per heavy atom. The molecular formula is C12H10O4. The van der Waals surface area contributed by atoms with E-state index in [1.54, 1.807) is 18.2 Å². The molecule has 0 bridgehead atoms. The molecule has 0 fully saturated rings. The van der Waals surface area contributed by atoms with Gasteiger partial charge in [-0.2, -0.15) is 0 Å². The smallest absolute Gasteiger partial charge is 0.340 e. The van der Waals surface area contributed by atoms with Crippen molar-refractivity contribution in [2.75, 3.05) is 7.11 Å². The predicted octanol–water partition coefficient (Wildman–Crippen LogP) is 1.33. The fourth-order valence-corrected chi connectivity index (χ4v) is 1.21. The largest absolute Gasteiger partial charge is 0.496 e. The number of carbonyl (C=O) groups excluding carboxylic acids is 1. The normalized spacial score (nSPS) is 8.81. The monoisotopic (exact) mass is 218 g/mol. The fourth-order valence-electron chi connectivity index (χ4n) is 1.21. The molecule has 0 aliphatic carbocycles. The SMILES string of the molecule is COc1cccc(C#CCC=O)c1C(=O)O. The highest BCUT2D eigenvalue weighted by molar-refractivity contribution is 5.94. The molecule has 1 rings (SSSR count). The highest BCUT2D eigenvalue weighted by Crippen LogP contribution is 2.21. The summed E-state index contributed by atoms with van der Waals surface area (Å²) in [7, 11) is 1.39. The highest BCUT2D eigenvalue weighted by Gasteiger charge is 2.14. The lowest BCUT2D eigenvalue weighted by molar-refractivity contribution is -0.107. The van der Waals surface area contributed by atoms with E-state index in [-0.39, 0.29) is 17.7 Å². The fraction of sp³-hybridized carbons (Fsp3) is 0.167. The molecule has 0 aliphatic heterocycles. The number of hydrogen-bond acceptors (Lipinski definition) is 3. The maximum atomic E-state index is 11.0. The Bertz CT molecular complexity index is 466. The van der Waals surface area contributed by atoms with Crippen LogP contribution in [0.5, 0.6) is 5.75 Å². The summed E-state index contributed by atoms with van der Waals surface area (Å²) in [5.41, 5.74) is 0.358. The lowest BCUT2D eigenvalue weighted by atomic mass is 10.1. The number of ether oxygens (including phenoxy) is 1. The van der Waals surface area contributed by atoms with Gasteiger partial charge in [0.05, 0.1) is 13.5 Å². The Morgan fingerprint density at radius 1 is 1.56 bits per heavy atom. The molecule has 0 saturated heterocycles. The van der Waals surface area contributed by atoms with Gasteiger partial charge >= 0.3 is 5.97 Å². The van der Waals surface area contributed by atoms with Crippen molar-refractivity contribution in [3.05, 3.63) is 29.3 Å². The van der Waals surface area contributed by atoms with E-state index in [4.69, 9.17) is 9.84 Å². The molecule has 82 valence electrons. The summed E-state index contributed by atoms with van der Waals surface area (Å²) in [6.07, 6.45) is 0.740. The van der Waals surface area contributed by atoms with Crippen LogP contribution in [0.3, 0.4) is 0 Å². The second-order valence-electron chi connectivity index (χ2n) is 2.86. The van der Waals surface area contributed by atoms with Crippen molar-refractivity contribution in [2.45, 2.75) is 6.42 Å². The van der Waals surface area contributed by atoms with E-state index in [2.05, 4.69) is 11.8 Å². The molecule has 4 nitrogen and oxygen atoms in total. The summed E-state index contributed by atoms with van der Waals surface area (Å²) >= 11 is 0. The Labute approximate surface area is 92.9 Å². The number of rotatable bonds is 3. The third-order valence-corrected chi connectivity index (χ3v) is 1.87. The minimum absolute atomic E-state index is 0.0170. The van der Waals surface area contributed by atoms with Crippen LogP contribution < -0.4 is 4.74 Å². The van der Waals surface area contributed by atoms with Gasteiger partial charge in [-0.15, -0.1) is 0 Å². The van der Waals surface area contributed by atoms with E-state index in [0.29, 0.717) is 11.8 Å². The molecule has 0 saturated carbocycles. The first-order valence-corrected chi connectivity index (χ1v) is 4.53. The van der Waals surface area contributed by atoms with E-state index in [9.17, 15) is 9.59 Å². The number of aromatic carboxylic acids is 1. The van der Waals surface area contributed by atoms with Crippen molar-refractivity contribution in [1.29, 1.82) is 0 Å². The van der Waals surface area contributed by atoms with E-state index in [1.807, 2.05) is 0 Å². The van der Waals surface area contributed by atoms with Gasteiger partial charge in [0.2, 0.25) is 0 Å². The van der Waals surface area contributed by atoms with Gasteiger partial charge in [0, 0.05) is 5.56 Å². The standard InChI is InChI=1S/C12H10O4/c1-16-10-7-4-6-9(5-2-3-8-13)11(10)12(14)15/h4,6-8H,3H2,1H3,(H,14,15). The average molecular weight is 218 g/mol. The van der Waals surface area contributed by atoms with Gasteiger partial charge in [0.25, 0.3) is 0 Å². The summed E-state index contributed by atoms with van der Waals surface area (Å²) < 4.78 is 4.94. The van der Waals surface area contributed by atoms with Crippen LogP contribution in [-0.2, 0) is 4.79 Å². The summed E-state index contributed by atoms with van der Waals surface area (Å²) in [6.45, 7) is 0. The maximum Gasteiger partial charge on any atom is 0.340 e. The van der Waals surface area contributed by atoms with E-state index >= 15 is 0 Å². The molecule has 1 aromatic rings. The molecule has 4 heteroatoms. The number of hydrogen-bond donors (Lipinski definition) is 1. The quantitative estimate of drug-likeness (QED) is 0.614. The second-order valence-corrected chi connectivity index (χ2v) is 2.86. The average Bonchev–Trinajstić information content (AvgIpc) is 2.28. The zero-order valence-corrected chi connectivity index (χ0v) is 8.69. The van der Waals surface area contributed by atoms with Crippen LogP contribution in [0.2, 0.25) is 0 Å². The van der Waals surface area contributed by atoms with Crippen LogP contribution in [0.4, 0.5) is 0 Å². The Kier molecular flexibility index (Phi) is 4.10. The number of methoxy groups -OCH3 is 1. The van der Waals surface area contributed by atoms with Crippen LogP contribution in [-0.4, -0.2) is 24.5 Å². The maximum absolute atomic E-state index is 11.0. The lowest BCUT2D eigenvalue weighted by Gasteiger charge is -2.05. The molecule has 0 amide bonds. The number of carboxylic acid groups (broad SMARTS) is 1. The first-order valence-electron chi connectivity index (χ1n) is 4.53. The first-order chi connectivity index (χ1) is 7.70. The third kappa shape index (κ3) is 2.61. The Balaban J connectivity index is 3.23. The Morgan fingerprint density at radius 2 is 2.31 bits per heavy atom. The minimum atomic E-state index is -1.10. The molecule has 1 aromatic carbocycles. The van der Waals surface area contributed by atoms with E-state index in [0.717, 1.165) is 0 Å². The van der Waals surface area contributed by atoms with Gasteiger partial charge in [-0.1, -0.05) is 17.9 Å². The van der Waals surface area contributed by atoms with Crippen LogP contribution in [0.15, 0.2) is 18.2 Å². The van der Waals surface area contributed by atoms with Crippen LogP contribution in [0.1, 0.15) is 22.3 Å². The first kappa shape index (κ1) is 11.8. The number of carboxylic acids is 1. The van der Waals surface area contributed by atoms with Gasteiger partial charge in [-0.05, 0) is 12.1 Å². The van der Waals surface area contributed by atoms with Crippen molar-refractivity contribution in [1.82, 2.24) is 0 Å². The molecular weight excluding hydrogens is 208 g/mol. The third-order valence-electron chi connectivity index (χ3n) is 1.87. The van der Waals surface area contributed by atoms with Gasteiger partial charge in [0.15, 0.2) is 0 Å². The molecule has 0 spiro atoms. The second kappa shape index (κ2) is 5.56. The molecule has 0 unspecified atom stereocenters. The van der Waals surface area contributed by atoms with Crippen LogP contribution in [0, 0.1) is 11.8 Å². The van der Waals surface area contributed by atoms with Gasteiger partial charge in [-0.3, -0.25) is 0 Å². The van der Waals surface area contributed by atoms with Gasteiger partial charge in [0.1, 0.15) is 17.6 Å². The van der Waals surface area contributed by atoms with Crippen molar-refractivity contribution in [3.8, 4) is 17.6 Å². The number of aldehydes is 1. The van der Waals surface area contributed by atoms with Crippen LogP contribution >= 0.6 is 0 Å². The zero-order valence-electron chi connectivity index (χ0n) is 8.69. The molecule has 0 aromatic heterocycles. The summed E-state index contributed by atoms with van der Waals surface area (Å²) in [6, 6.07) is 4.77.